The number of piperidine rings is 1. The number of allylic oxidation sites excluding steroid dienone is 3. The third-order valence-electron chi connectivity index (χ3n) is 3.45. The topological polar surface area (TPSA) is 15.3 Å². The SMILES string of the molecule is C=C1C=CN(CCCC2CCNCC2)C=C1. The molecule has 0 unspecified atom stereocenters. The maximum atomic E-state index is 3.90. The standard InChI is InChI=1S/C14H22N2/c1-13-6-11-16(12-7-13)10-2-3-14-4-8-15-9-5-14/h6-7,11-12,14-15H,1-5,8-10H2. The van der Waals surface area contributed by atoms with E-state index in [1.54, 1.807) is 0 Å². The van der Waals surface area contributed by atoms with E-state index >= 15 is 0 Å². The van der Waals surface area contributed by atoms with Crippen molar-refractivity contribution in [2.75, 3.05) is 19.6 Å². The summed E-state index contributed by atoms with van der Waals surface area (Å²) in [6.45, 7) is 7.47. The van der Waals surface area contributed by atoms with Crippen molar-refractivity contribution in [2.24, 2.45) is 5.92 Å². The Hall–Kier alpha value is -1.02. The lowest BCUT2D eigenvalue weighted by atomic mass is 9.93. The van der Waals surface area contributed by atoms with Crippen LogP contribution in [0.5, 0.6) is 0 Å². The summed E-state index contributed by atoms with van der Waals surface area (Å²) < 4.78 is 0. The van der Waals surface area contributed by atoms with Gasteiger partial charge in [-0.2, -0.15) is 0 Å². The minimum atomic E-state index is 0.953. The van der Waals surface area contributed by atoms with Gasteiger partial charge in [0.1, 0.15) is 0 Å². The van der Waals surface area contributed by atoms with E-state index < -0.39 is 0 Å². The number of hydrogen-bond donors (Lipinski definition) is 1. The van der Waals surface area contributed by atoms with E-state index in [0.717, 1.165) is 18.0 Å². The van der Waals surface area contributed by atoms with Crippen molar-refractivity contribution in [3.8, 4) is 0 Å². The van der Waals surface area contributed by atoms with Gasteiger partial charge in [0.05, 0.1) is 0 Å². The van der Waals surface area contributed by atoms with Crippen LogP contribution in [-0.4, -0.2) is 24.5 Å². The van der Waals surface area contributed by atoms with Gasteiger partial charge in [0.15, 0.2) is 0 Å². The highest BCUT2D eigenvalue weighted by molar-refractivity contribution is 5.30. The van der Waals surface area contributed by atoms with E-state index in [-0.39, 0.29) is 0 Å². The molecule has 2 aliphatic rings. The predicted octanol–water partition coefficient (Wildman–Crippen LogP) is 2.67. The second-order valence-electron chi connectivity index (χ2n) is 4.78. The van der Waals surface area contributed by atoms with E-state index in [9.17, 15) is 0 Å². The van der Waals surface area contributed by atoms with Crippen molar-refractivity contribution in [2.45, 2.75) is 25.7 Å². The Morgan fingerprint density at radius 1 is 1.25 bits per heavy atom. The number of rotatable bonds is 4. The molecule has 2 rings (SSSR count). The summed E-state index contributed by atoms with van der Waals surface area (Å²) in [5, 5.41) is 3.42. The molecule has 0 amide bonds. The van der Waals surface area contributed by atoms with E-state index in [1.165, 1.54) is 38.8 Å². The maximum absolute atomic E-state index is 3.90. The second-order valence-corrected chi connectivity index (χ2v) is 4.78. The monoisotopic (exact) mass is 218 g/mol. The predicted molar refractivity (Wildman–Crippen MR) is 69.0 cm³/mol. The van der Waals surface area contributed by atoms with E-state index in [4.69, 9.17) is 0 Å². The summed E-state index contributed by atoms with van der Waals surface area (Å²) in [7, 11) is 0. The minimum Gasteiger partial charge on any atom is -0.354 e. The number of nitrogens with zero attached hydrogens (tertiary/aromatic N) is 1. The van der Waals surface area contributed by atoms with Crippen molar-refractivity contribution < 1.29 is 0 Å². The van der Waals surface area contributed by atoms with E-state index in [0.29, 0.717) is 0 Å². The fraction of sp³-hybridized carbons (Fsp3) is 0.571. The molecule has 0 radical (unpaired) electrons. The van der Waals surface area contributed by atoms with Gasteiger partial charge < -0.3 is 10.2 Å². The van der Waals surface area contributed by atoms with Crippen LogP contribution in [0, 0.1) is 5.92 Å². The fourth-order valence-electron chi connectivity index (χ4n) is 2.37. The molecule has 16 heavy (non-hydrogen) atoms. The zero-order valence-electron chi connectivity index (χ0n) is 9.99. The van der Waals surface area contributed by atoms with Gasteiger partial charge in [-0.15, -0.1) is 0 Å². The van der Waals surface area contributed by atoms with Gasteiger partial charge in [0.2, 0.25) is 0 Å². The highest BCUT2D eigenvalue weighted by Crippen LogP contribution is 2.18. The van der Waals surface area contributed by atoms with Crippen LogP contribution < -0.4 is 5.32 Å². The summed E-state index contributed by atoms with van der Waals surface area (Å²) in [5.74, 6) is 0.953. The summed E-state index contributed by atoms with van der Waals surface area (Å²) >= 11 is 0. The molecule has 2 aliphatic heterocycles. The normalized spacial score (nSPS) is 21.8. The number of hydrogen-bond acceptors (Lipinski definition) is 2. The van der Waals surface area contributed by atoms with Crippen molar-refractivity contribution in [1.29, 1.82) is 0 Å². The molecule has 2 nitrogen and oxygen atoms in total. The Kier molecular flexibility index (Phi) is 4.23. The maximum Gasteiger partial charge on any atom is 0.0219 e. The lowest BCUT2D eigenvalue weighted by Gasteiger charge is -2.24. The minimum absolute atomic E-state index is 0.953. The third kappa shape index (κ3) is 3.53. The summed E-state index contributed by atoms with van der Waals surface area (Å²) in [4.78, 5) is 2.26. The first-order valence-corrected chi connectivity index (χ1v) is 6.36. The van der Waals surface area contributed by atoms with Crippen LogP contribution >= 0.6 is 0 Å². The van der Waals surface area contributed by atoms with Crippen LogP contribution in [0.25, 0.3) is 0 Å². The Morgan fingerprint density at radius 2 is 1.94 bits per heavy atom. The van der Waals surface area contributed by atoms with Gasteiger partial charge in [-0.1, -0.05) is 6.58 Å². The van der Waals surface area contributed by atoms with Crippen LogP contribution in [0.4, 0.5) is 0 Å². The Labute approximate surface area is 98.7 Å². The van der Waals surface area contributed by atoms with Crippen LogP contribution in [0.2, 0.25) is 0 Å². The molecule has 0 bridgehead atoms. The third-order valence-corrected chi connectivity index (χ3v) is 3.45. The molecular weight excluding hydrogens is 196 g/mol. The molecule has 0 saturated carbocycles. The molecular formula is C14H22N2. The summed E-state index contributed by atoms with van der Waals surface area (Å²) in [5.41, 5.74) is 1.09. The number of nitrogens with one attached hydrogen (secondary N) is 1. The molecule has 0 aromatic rings. The Morgan fingerprint density at radius 3 is 2.62 bits per heavy atom. The van der Waals surface area contributed by atoms with Crippen LogP contribution in [-0.2, 0) is 0 Å². The average molecular weight is 218 g/mol. The smallest absolute Gasteiger partial charge is 0.0219 e. The largest absolute Gasteiger partial charge is 0.354 e. The van der Waals surface area contributed by atoms with Gasteiger partial charge in [-0.25, -0.2) is 0 Å². The zero-order valence-corrected chi connectivity index (χ0v) is 9.99. The Balaban J connectivity index is 1.62. The van der Waals surface area contributed by atoms with Gasteiger partial charge in [-0.05, 0) is 62.4 Å². The second kappa shape index (κ2) is 5.90. The van der Waals surface area contributed by atoms with Crippen molar-refractivity contribution in [3.63, 3.8) is 0 Å². The fourth-order valence-corrected chi connectivity index (χ4v) is 2.37. The molecule has 2 heterocycles. The average Bonchev–Trinajstić information content (AvgIpc) is 2.33. The van der Waals surface area contributed by atoms with E-state index in [1.807, 2.05) is 0 Å². The molecule has 2 heteroatoms. The van der Waals surface area contributed by atoms with Gasteiger partial charge in [0.25, 0.3) is 0 Å². The van der Waals surface area contributed by atoms with Crippen LogP contribution in [0.3, 0.4) is 0 Å². The highest BCUT2D eigenvalue weighted by atomic mass is 15.1. The highest BCUT2D eigenvalue weighted by Gasteiger charge is 2.12. The lowest BCUT2D eigenvalue weighted by Crippen LogP contribution is -2.28. The summed E-state index contributed by atoms with van der Waals surface area (Å²) in [6.07, 6.45) is 13.8. The quantitative estimate of drug-likeness (QED) is 0.780. The van der Waals surface area contributed by atoms with Gasteiger partial charge in [-0.3, -0.25) is 0 Å². The molecule has 0 spiro atoms. The molecule has 88 valence electrons. The molecule has 1 fully saturated rings. The molecule has 0 aromatic carbocycles. The molecule has 0 aromatic heterocycles. The lowest BCUT2D eigenvalue weighted by molar-refractivity contribution is 0.332. The van der Waals surface area contributed by atoms with Crippen molar-refractivity contribution in [3.05, 3.63) is 36.7 Å². The van der Waals surface area contributed by atoms with Gasteiger partial charge >= 0.3 is 0 Å². The zero-order chi connectivity index (χ0) is 11.2. The first-order chi connectivity index (χ1) is 7.84. The first kappa shape index (κ1) is 11.5. The molecule has 1 saturated heterocycles. The van der Waals surface area contributed by atoms with Crippen LogP contribution in [0.15, 0.2) is 36.7 Å². The molecule has 0 aliphatic carbocycles. The van der Waals surface area contributed by atoms with E-state index in [2.05, 4.69) is 41.3 Å². The van der Waals surface area contributed by atoms with Crippen molar-refractivity contribution >= 4 is 0 Å². The molecule has 0 atom stereocenters. The van der Waals surface area contributed by atoms with Crippen LogP contribution in [0.1, 0.15) is 25.7 Å². The Bertz CT molecular complexity index is 269. The molecule has 1 N–H and O–H groups in total. The first-order valence-electron chi connectivity index (χ1n) is 6.36. The van der Waals surface area contributed by atoms with Gasteiger partial charge in [0, 0.05) is 18.9 Å². The van der Waals surface area contributed by atoms with Crippen molar-refractivity contribution in [1.82, 2.24) is 10.2 Å². The summed E-state index contributed by atoms with van der Waals surface area (Å²) in [6, 6.07) is 0.